The lowest BCUT2D eigenvalue weighted by Crippen LogP contribution is -2.27. The second-order valence-electron chi connectivity index (χ2n) is 4.50. The molecule has 108 valence electrons. The molecule has 0 fully saturated rings. The van der Waals surface area contributed by atoms with Crippen molar-refractivity contribution >= 4 is 27.5 Å². The molecule has 5 nitrogen and oxygen atoms in total. The minimum atomic E-state index is -0.526. The molecule has 0 aliphatic carbocycles. The van der Waals surface area contributed by atoms with Gasteiger partial charge in [0, 0.05) is 6.07 Å². The van der Waals surface area contributed by atoms with Crippen LogP contribution in [0.4, 0.5) is 5.69 Å². The molecule has 1 atom stereocenters. The molecule has 0 saturated heterocycles. The van der Waals surface area contributed by atoms with Gasteiger partial charge in [-0.25, -0.2) is 0 Å². The Balaban J connectivity index is 2.22. The second kappa shape index (κ2) is 6.49. The maximum absolute atomic E-state index is 12.3. The van der Waals surface area contributed by atoms with E-state index >= 15 is 0 Å². The Morgan fingerprint density at radius 1 is 1.19 bits per heavy atom. The zero-order valence-corrected chi connectivity index (χ0v) is 12.8. The fourth-order valence-corrected chi connectivity index (χ4v) is 2.52. The third-order valence-electron chi connectivity index (χ3n) is 3.07. The third kappa shape index (κ3) is 3.46. The molecule has 0 spiro atoms. The summed E-state index contributed by atoms with van der Waals surface area (Å²) in [5.41, 5.74) is 1.08. The smallest absolute Gasteiger partial charge is 0.284 e. The zero-order chi connectivity index (χ0) is 15.4. The van der Waals surface area contributed by atoms with Gasteiger partial charge in [-0.1, -0.05) is 36.4 Å². The predicted molar refractivity (Wildman–Crippen MR) is 83.1 cm³/mol. The van der Waals surface area contributed by atoms with E-state index in [-0.39, 0.29) is 27.7 Å². The summed E-state index contributed by atoms with van der Waals surface area (Å²) in [6.07, 6.45) is 0. The van der Waals surface area contributed by atoms with Gasteiger partial charge in [0.05, 0.1) is 16.5 Å². The Bertz CT molecular complexity index is 674. The van der Waals surface area contributed by atoms with Crippen LogP contribution in [0, 0.1) is 10.1 Å². The van der Waals surface area contributed by atoms with Crippen molar-refractivity contribution in [1.29, 1.82) is 0 Å². The van der Waals surface area contributed by atoms with Crippen molar-refractivity contribution in [2.75, 3.05) is 0 Å². The molecule has 0 unspecified atom stereocenters. The van der Waals surface area contributed by atoms with Crippen molar-refractivity contribution in [2.45, 2.75) is 13.0 Å². The van der Waals surface area contributed by atoms with Crippen LogP contribution in [-0.2, 0) is 0 Å². The lowest BCUT2D eigenvalue weighted by Gasteiger charge is -2.14. The average molecular weight is 349 g/mol. The summed E-state index contributed by atoms with van der Waals surface area (Å²) in [6, 6.07) is 13.7. The van der Waals surface area contributed by atoms with E-state index in [2.05, 4.69) is 21.2 Å². The van der Waals surface area contributed by atoms with Gasteiger partial charge >= 0.3 is 0 Å². The van der Waals surface area contributed by atoms with Crippen LogP contribution < -0.4 is 5.32 Å². The first-order valence-electron chi connectivity index (χ1n) is 6.29. The van der Waals surface area contributed by atoms with E-state index in [1.807, 2.05) is 37.3 Å². The average Bonchev–Trinajstić information content (AvgIpc) is 2.47. The molecule has 1 N–H and O–H groups in total. The number of halogens is 1. The van der Waals surface area contributed by atoms with Gasteiger partial charge in [0.15, 0.2) is 0 Å². The van der Waals surface area contributed by atoms with Crippen LogP contribution in [0.25, 0.3) is 0 Å². The van der Waals surface area contributed by atoms with Crippen LogP contribution in [0.3, 0.4) is 0 Å². The molecule has 0 radical (unpaired) electrons. The van der Waals surface area contributed by atoms with E-state index in [0.29, 0.717) is 0 Å². The minimum absolute atomic E-state index is 0.130. The van der Waals surface area contributed by atoms with Crippen LogP contribution in [0.5, 0.6) is 0 Å². The topological polar surface area (TPSA) is 72.2 Å². The Kier molecular flexibility index (Phi) is 4.70. The number of benzene rings is 2. The SMILES string of the molecule is C[C@@H](NC(=O)c1cccc([N+](=O)[O-])c1Br)c1ccccc1. The number of carbonyl (C=O) groups excluding carboxylic acids is 1. The van der Waals surface area contributed by atoms with Gasteiger partial charge in [0.25, 0.3) is 11.6 Å². The summed E-state index contributed by atoms with van der Waals surface area (Å²) in [5.74, 6) is -0.359. The van der Waals surface area contributed by atoms with E-state index in [1.165, 1.54) is 12.1 Å². The lowest BCUT2D eigenvalue weighted by molar-refractivity contribution is -0.385. The number of rotatable bonds is 4. The van der Waals surface area contributed by atoms with Crippen molar-refractivity contribution in [3.8, 4) is 0 Å². The first kappa shape index (κ1) is 15.2. The number of nitro benzene ring substituents is 1. The molecular formula is C15H13BrN2O3. The molecule has 0 bridgehead atoms. The molecule has 0 aliphatic rings. The van der Waals surface area contributed by atoms with Gasteiger partial charge in [-0.2, -0.15) is 0 Å². The highest BCUT2D eigenvalue weighted by Crippen LogP contribution is 2.28. The van der Waals surface area contributed by atoms with E-state index in [0.717, 1.165) is 5.56 Å². The normalized spacial score (nSPS) is 11.7. The van der Waals surface area contributed by atoms with Crippen LogP contribution in [0.2, 0.25) is 0 Å². The molecule has 21 heavy (non-hydrogen) atoms. The highest BCUT2D eigenvalue weighted by Gasteiger charge is 2.20. The number of hydrogen-bond acceptors (Lipinski definition) is 3. The zero-order valence-electron chi connectivity index (χ0n) is 11.2. The van der Waals surface area contributed by atoms with Crippen LogP contribution in [0.15, 0.2) is 53.0 Å². The number of hydrogen-bond donors (Lipinski definition) is 1. The molecular weight excluding hydrogens is 336 g/mol. The second-order valence-corrected chi connectivity index (χ2v) is 5.29. The van der Waals surface area contributed by atoms with Gasteiger partial charge in [-0.15, -0.1) is 0 Å². The van der Waals surface area contributed by atoms with Gasteiger partial charge in [-0.05, 0) is 34.5 Å². The maximum Gasteiger partial charge on any atom is 0.284 e. The predicted octanol–water partition coefficient (Wildman–Crippen LogP) is 3.85. The molecule has 0 saturated carbocycles. The molecule has 2 rings (SSSR count). The van der Waals surface area contributed by atoms with E-state index < -0.39 is 4.92 Å². The fraction of sp³-hybridized carbons (Fsp3) is 0.133. The van der Waals surface area contributed by atoms with Gasteiger partial charge in [0.2, 0.25) is 0 Å². The summed E-state index contributed by atoms with van der Waals surface area (Å²) in [6.45, 7) is 1.86. The number of nitrogens with zero attached hydrogens (tertiary/aromatic N) is 1. The Hall–Kier alpha value is -2.21. The van der Waals surface area contributed by atoms with Crippen LogP contribution in [0.1, 0.15) is 28.9 Å². The Morgan fingerprint density at radius 2 is 1.86 bits per heavy atom. The summed E-state index contributed by atoms with van der Waals surface area (Å²) < 4.78 is 0.188. The molecule has 0 heterocycles. The number of nitro groups is 1. The van der Waals surface area contributed by atoms with E-state index in [4.69, 9.17) is 0 Å². The monoisotopic (exact) mass is 348 g/mol. The summed E-state index contributed by atoms with van der Waals surface area (Å²) in [7, 11) is 0. The maximum atomic E-state index is 12.3. The number of carbonyl (C=O) groups is 1. The third-order valence-corrected chi connectivity index (χ3v) is 3.90. The summed E-state index contributed by atoms with van der Waals surface area (Å²) >= 11 is 3.13. The van der Waals surface area contributed by atoms with E-state index in [1.54, 1.807) is 6.07 Å². The van der Waals surface area contributed by atoms with Gasteiger partial charge in [-0.3, -0.25) is 14.9 Å². The lowest BCUT2D eigenvalue weighted by atomic mass is 10.1. The molecule has 1 amide bonds. The van der Waals surface area contributed by atoms with Crippen LogP contribution >= 0.6 is 15.9 Å². The molecule has 2 aromatic rings. The quantitative estimate of drug-likeness (QED) is 0.673. The highest BCUT2D eigenvalue weighted by molar-refractivity contribution is 9.10. The Labute approximate surface area is 130 Å². The van der Waals surface area contributed by atoms with Crippen molar-refractivity contribution < 1.29 is 9.72 Å². The molecule has 6 heteroatoms. The molecule has 2 aromatic carbocycles. The largest absolute Gasteiger partial charge is 0.345 e. The molecule has 0 aromatic heterocycles. The van der Waals surface area contributed by atoms with Gasteiger partial charge < -0.3 is 5.32 Å². The van der Waals surface area contributed by atoms with Crippen molar-refractivity contribution in [3.63, 3.8) is 0 Å². The number of amides is 1. The summed E-state index contributed by atoms with van der Waals surface area (Å²) in [5, 5.41) is 13.7. The minimum Gasteiger partial charge on any atom is -0.345 e. The fourth-order valence-electron chi connectivity index (χ4n) is 1.94. The first-order valence-corrected chi connectivity index (χ1v) is 7.08. The van der Waals surface area contributed by atoms with Crippen molar-refractivity contribution in [2.24, 2.45) is 0 Å². The molecule has 0 aliphatic heterocycles. The van der Waals surface area contributed by atoms with Gasteiger partial charge in [0.1, 0.15) is 4.47 Å². The Morgan fingerprint density at radius 3 is 2.48 bits per heavy atom. The van der Waals surface area contributed by atoms with Crippen molar-refractivity contribution in [3.05, 3.63) is 74.2 Å². The van der Waals surface area contributed by atoms with E-state index in [9.17, 15) is 14.9 Å². The highest BCUT2D eigenvalue weighted by atomic mass is 79.9. The number of nitrogens with one attached hydrogen (secondary N) is 1. The standard InChI is InChI=1S/C15H13BrN2O3/c1-10(11-6-3-2-4-7-11)17-15(19)12-8-5-9-13(14(12)16)18(20)21/h2-10H,1H3,(H,17,19)/t10-/m1/s1. The van der Waals surface area contributed by atoms with Crippen LogP contribution in [-0.4, -0.2) is 10.8 Å². The summed E-state index contributed by atoms with van der Waals surface area (Å²) in [4.78, 5) is 22.6. The van der Waals surface area contributed by atoms with Crippen molar-refractivity contribution in [1.82, 2.24) is 5.32 Å². The first-order chi connectivity index (χ1) is 10.0.